The zero-order valence-electron chi connectivity index (χ0n) is 20.0. The Labute approximate surface area is 214 Å². The summed E-state index contributed by atoms with van der Waals surface area (Å²) in [6, 6.07) is 7.42. The average Bonchev–Trinajstić information content (AvgIpc) is 3.65. The van der Waals surface area contributed by atoms with E-state index in [1.54, 1.807) is 37.8 Å². The summed E-state index contributed by atoms with van der Waals surface area (Å²) in [6.45, 7) is 5.01. The van der Waals surface area contributed by atoms with Gasteiger partial charge in [-0.05, 0) is 43.3 Å². The van der Waals surface area contributed by atoms with Gasteiger partial charge in [0.1, 0.15) is 16.9 Å². The number of fused-ring (bicyclic) bond motifs is 2. The van der Waals surface area contributed by atoms with Gasteiger partial charge in [0.05, 0.1) is 22.0 Å². The summed E-state index contributed by atoms with van der Waals surface area (Å²) in [5, 5.41) is 10.7. The molecule has 3 N–H and O–H groups in total. The summed E-state index contributed by atoms with van der Waals surface area (Å²) in [7, 11) is 0. The number of halogens is 1. The number of carbonyl (C=O) groups is 1. The lowest BCUT2D eigenvalue weighted by Crippen LogP contribution is -2.11. The number of carbonyl (C=O) groups excluding carboxylic acids is 1. The maximum atomic E-state index is 15.9. The molecule has 0 bridgehead atoms. The number of hydrogen-bond acceptors (Lipinski definition) is 8. The molecule has 37 heavy (non-hydrogen) atoms. The molecule has 11 heteroatoms. The first-order valence-corrected chi connectivity index (χ1v) is 12.5. The monoisotopic (exact) mass is 512 g/mol. The van der Waals surface area contributed by atoms with Crippen LogP contribution < -0.4 is 5.32 Å². The van der Waals surface area contributed by atoms with Crippen LogP contribution >= 0.6 is 11.3 Å². The van der Waals surface area contributed by atoms with Crippen molar-refractivity contribution in [2.75, 3.05) is 6.54 Å². The lowest BCUT2D eigenvalue weighted by molar-refractivity contribution is 0.102. The minimum atomic E-state index is -0.512. The summed E-state index contributed by atoms with van der Waals surface area (Å²) >= 11 is 1.39. The number of imidazole rings is 1. The van der Waals surface area contributed by atoms with Crippen LogP contribution in [-0.2, 0) is 6.54 Å². The smallest absolute Gasteiger partial charge is 0.169 e. The molecule has 0 fully saturated rings. The predicted octanol–water partition coefficient (Wildman–Crippen LogP) is 5.14. The van der Waals surface area contributed by atoms with E-state index >= 15 is 4.39 Å². The average molecular weight is 513 g/mol. The number of hydrogen-bond donors (Lipinski definition) is 3. The second-order valence-corrected chi connectivity index (χ2v) is 9.59. The van der Waals surface area contributed by atoms with E-state index in [1.165, 1.54) is 11.3 Å². The van der Waals surface area contributed by atoms with Gasteiger partial charge in [0.2, 0.25) is 0 Å². The number of thiophene rings is 1. The van der Waals surface area contributed by atoms with E-state index in [0.29, 0.717) is 45.2 Å². The Balaban J connectivity index is 1.46. The molecular formula is C26H21FN8OS. The Bertz CT molecular complexity index is 1790. The zero-order chi connectivity index (χ0) is 25.5. The highest BCUT2D eigenvalue weighted by atomic mass is 32.1. The molecule has 9 nitrogen and oxygen atoms in total. The van der Waals surface area contributed by atoms with Crippen LogP contribution in [0.25, 0.3) is 55.3 Å². The molecule has 0 aliphatic carbocycles. The highest BCUT2D eigenvalue weighted by Crippen LogP contribution is 2.36. The third-order valence-electron chi connectivity index (χ3n) is 6.02. The summed E-state index contributed by atoms with van der Waals surface area (Å²) in [6.07, 6.45) is 6.58. The molecule has 0 aliphatic rings. The zero-order valence-corrected chi connectivity index (χ0v) is 20.8. The van der Waals surface area contributed by atoms with Gasteiger partial charge in [-0.2, -0.15) is 5.10 Å². The Hall–Kier alpha value is -4.35. The number of H-pyrrole nitrogens is 2. The van der Waals surface area contributed by atoms with Crippen molar-refractivity contribution >= 4 is 39.2 Å². The molecule has 6 heterocycles. The van der Waals surface area contributed by atoms with E-state index in [-0.39, 0.29) is 16.9 Å². The Morgan fingerprint density at radius 3 is 2.84 bits per heavy atom. The SMILES string of the molecule is CCNCc1cncc(-c2ncc3[nH]nc(-c4nc5c(-c6ccc(C(C)=O)s6)ccnc5[nH]4)c3c2F)c1. The molecule has 6 aromatic rings. The minimum Gasteiger partial charge on any atom is -0.321 e. The van der Waals surface area contributed by atoms with Gasteiger partial charge < -0.3 is 10.3 Å². The summed E-state index contributed by atoms with van der Waals surface area (Å²) in [4.78, 5) is 34.3. The first-order chi connectivity index (χ1) is 18.0. The third kappa shape index (κ3) is 4.07. The molecule has 0 aromatic carbocycles. The van der Waals surface area contributed by atoms with E-state index in [1.807, 2.05) is 25.1 Å². The molecule has 0 unspecified atom stereocenters. The topological polar surface area (TPSA) is 125 Å². The molecule has 0 saturated heterocycles. The Morgan fingerprint density at radius 2 is 2.03 bits per heavy atom. The van der Waals surface area contributed by atoms with Crippen molar-refractivity contribution in [1.82, 2.24) is 40.4 Å². The van der Waals surface area contributed by atoms with Crippen molar-refractivity contribution in [1.29, 1.82) is 0 Å². The summed E-state index contributed by atoms with van der Waals surface area (Å²) in [5.41, 5.74) is 4.46. The predicted molar refractivity (Wildman–Crippen MR) is 141 cm³/mol. The molecular weight excluding hydrogens is 491 g/mol. The lowest BCUT2D eigenvalue weighted by atomic mass is 10.1. The van der Waals surface area contributed by atoms with Gasteiger partial charge in [0, 0.05) is 41.1 Å². The number of rotatable bonds is 7. The van der Waals surface area contributed by atoms with Crippen molar-refractivity contribution in [3.05, 3.63) is 65.3 Å². The van der Waals surface area contributed by atoms with Crippen LogP contribution in [0.15, 0.2) is 49.1 Å². The molecule has 0 saturated carbocycles. The fraction of sp³-hybridized carbons (Fsp3) is 0.154. The van der Waals surface area contributed by atoms with Crippen molar-refractivity contribution in [2.24, 2.45) is 0 Å². The van der Waals surface area contributed by atoms with Crippen molar-refractivity contribution < 1.29 is 9.18 Å². The molecule has 6 rings (SSSR count). The molecule has 0 atom stereocenters. The van der Waals surface area contributed by atoms with Crippen LogP contribution in [0.3, 0.4) is 0 Å². The largest absolute Gasteiger partial charge is 0.321 e. The fourth-order valence-electron chi connectivity index (χ4n) is 4.22. The van der Waals surface area contributed by atoms with E-state index in [4.69, 9.17) is 4.98 Å². The number of pyridine rings is 3. The molecule has 0 spiro atoms. The van der Waals surface area contributed by atoms with E-state index in [0.717, 1.165) is 22.5 Å². The number of ketones is 1. The van der Waals surface area contributed by atoms with Gasteiger partial charge in [-0.25, -0.2) is 14.4 Å². The minimum absolute atomic E-state index is 0.00881. The van der Waals surface area contributed by atoms with E-state index < -0.39 is 5.82 Å². The second kappa shape index (κ2) is 9.26. The van der Waals surface area contributed by atoms with Crippen molar-refractivity contribution in [3.8, 4) is 33.2 Å². The van der Waals surface area contributed by atoms with Crippen molar-refractivity contribution in [2.45, 2.75) is 20.4 Å². The summed E-state index contributed by atoms with van der Waals surface area (Å²) < 4.78 is 15.9. The second-order valence-electron chi connectivity index (χ2n) is 8.51. The van der Waals surface area contributed by atoms with Crippen LogP contribution in [-0.4, -0.2) is 47.4 Å². The molecule has 184 valence electrons. The summed E-state index contributed by atoms with van der Waals surface area (Å²) in [5.74, 6) is -0.129. The normalized spacial score (nSPS) is 11.5. The number of aromatic nitrogens is 7. The van der Waals surface area contributed by atoms with Gasteiger partial charge in [0.25, 0.3) is 0 Å². The maximum Gasteiger partial charge on any atom is 0.169 e. The molecule has 6 aromatic heterocycles. The molecule has 0 aliphatic heterocycles. The van der Waals surface area contributed by atoms with Gasteiger partial charge >= 0.3 is 0 Å². The maximum absolute atomic E-state index is 15.9. The standard InChI is InChI=1S/C26H21FN8OS/c1-3-28-9-14-8-15(11-29-10-14)22-21(27)20-17(12-31-22)34-35-24(20)26-32-23-16(6-7-30-25(23)33-26)19-5-4-18(37-19)13(2)36/h4-8,10-12,28H,3,9H2,1-2H3,(H,34,35)(H,30,32,33). The van der Waals surface area contributed by atoms with Crippen LogP contribution in [0.1, 0.15) is 29.1 Å². The van der Waals surface area contributed by atoms with E-state index in [9.17, 15) is 4.79 Å². The van der Waals surface area contributed by atoms with Crippen LogP contribution in [0.2, 0.25) is 0 Å². The first-order valence-electron chi connectivity index (χ1n) is 11.7. The lowest BCUT2D eigenvalue weighted by Gasteiger charge is -2.07. The first kappa shape index (κ1) is 23.1. The fourth-order valence-corrected chi connectivity index (χ4v) is 5.15. The third-order valence-corrected chi connectivity index (χ3v) is 7.24. The number of nitrogens with one attached hydrogen (secondary N) is 3. The highest BCUT2D eigenvalue weighted by molar-refractivity contribution is 7.17. The van der Waals surface area contributed by atoms with Gasteiger partial charge in [-0.15, -0.1) is 11.3 Å². The van der Waals surface area contributed by atoms with Crippen molar-refractivity contribution in [3.63, 3.8) is 0 Å². The quantitative estimate of drug-likeness (QED) is 0.253. The highest BCUT2D eigenvalue weighted by Gasteiger charge is 2.22. The van der Waals surface area contributed by atoms with Crippen LogP contribution in [0.4, 0.5) is 4.39 Å². The molecule has 0 amide bonds. The van der Waals surface area contributed by atoms with Crippen LogP contribution in [0, 0.1) is 5.82 Å². The Kier molecular flexibility index (Phi) is 5.78. The number of Topliss-reactive ketones (excluding diaryl/α,β-unsaturated/α-hetero) is 1. The van der Waals surface area contributed by atoms with E-state index in [2.05, 4.69) is 35.5 Å². The van der Waals surface area contributed by atoms with Gasteiger partial charge in [0.15, 0.2) is 23.1 Å². The van der Waals surface area contributed by atoms with Gasteiger partial charge in [-0.3, -0.25) is 19.9 Å². The number of aromatic amines is 2. The van der Waals surface area contributed by atoms with Crippen LogP contribution in [0.5, 0.6) is 0 Å². The number of nitrogens with zero attached hydrogens (tertiary/aromatic N) is 5. The van der Waals surface area contributed by atoms with Gasteiger partial charge in [-0.1, -0.05) is 6.92 Å². The Morgan fingerprint density at radius 1 is 1.14 bits per heavy atom. The molecule has 0 radical (unpaired) electrons.